The Hall–Kier alpha value is -0.150. The van der Waals surface area contributed by atoms with E-state index in [1.54, 1.807) is 29.0 Å². The number of amides is 3. The van der Waals surface area contributed by atoms with Crippen LogP contribution in [0.3, 0.4) is 0 Å². The van der Waals surface area contributed by atoms with E-state index in [1.807, 2.05) is 0 Å². The minimum absolute atomic E-state index is 0.0131. The van der Waals surface area contributed by atoms with Crippen LogP contribution < -0.4 is 5.32 Å². The Balaban J connectivity index is 0.00000137. The van der Waals surface area contributed by atoms with Crippen molar-refractivity contribution in [3.05, 3.63) is 48.2 Å². The number of nitrogens with one attached hydrogen (secondary N) is 1. The fourth-order valence-electron chi connectivity index (χ4n) is 3.44. The summed E-state index contributed by atoms with van der Waals surface area (Å²) in [6.45, 7) is 1.21. The highest BCUT2D eigenvalue weighted by atomic mass is 128. The van der Waals surface area contributed by atoms with E-state index in [0.717, 1.165) is 6.07 Å². The smallest absolute Gasteiger partial charge is 0.321 e. The lowest BCUT2D eigenvalue weighted by molar-refractivity contribution is -0.136. The maximum atomic E-state index is 13.4. The minimum Gasteiger partial charge on any atom is -0.375 e. The van der Waals surface area contributed by atoms with Gasteiger partial charge >= 0.3 is 6.03 Å². The van der Waals surface area contributed by atoms with Gasteiger partial charge in [-0.15, -0.1) is 0 Å². The van der Waals surface area contributed by atoms with Crippen LogP contribution >= 0.6 is 74.5 Å². The summed E-state index contributed by atoms with van der Waals surface area (Å²) < 4.78 is 31.6. The standard InChI is InChI=1S/C21H24F2N4O3.2I2/c1-26(18-5-7-27(8-6-18)20(28)13-30-2)21(29)25-17-3-4-19(24-12-17)14-9-15(22)11-16(23)10-14;2*1-2/h3-4,9-12,18H,5-8,13H2,1-2H3,(H,25,29);;. The van der Waals surface area contributed by atoms with Crippen molar-refractivity contribution in [2.75, 3.05) is 39.2 Å². The molecule has 2 heterocycles. The van der Waals surface area contributed by atoms with Gasteiger partial charge < -0.3 is 19.9 Å². The molecule has 1 aliphatic rings. The van der Waals surface area contributed by atoms with Crippen LogP contribution in [0.15, 0.2) is 36.5 Å². The second-order valence-electron chi connectivity index (χ2n) is 7.18. The fourth-order valence-corrected chi connectivity index (χ4v) is 3.44. The fraction of sp³-hybridized carbons (Fsp3) is 0.381. The number of urea groups is 1. The molecule has 0 saturated carbocycles. The lowest BCUT2D eigenvalue weighted by Crippen LogP contribution is -2.49. The van der Waals surface area contributed by atoms with Crippen LogP contribution in [0.5, 0.6) is 0 Å². The van der Waals surface area contributed by atoms with Crippen LogP contribution in [0, 0.1) is 11.6 Å². The highest BCUT2D eigenvalue weighted by molar-refractivity contribution is 15.0. The van der Waals surface area contributed by atoms with Crippen LogP contribution in [0.25, 0.3) is 11.3 Å². The van der Waals surface area contributed by atoms with Crippen molar-refractivity contribution in [1.29, 1.82) is 0 Å². The minimum atomic E-state index is -0.680. The summed E-state index contributed by atoms with van der Waals surface area (Å²) in [7, 11) is 3.20. The van der Waals surface area contributed by atoms with E-state index in [1.165, 1.54) is 25.4 Å². The first-order valence-corrected chi connectivity index (χ1v) is 22.5. The lowest BCUT2D eigenvalue weighted by Gasteiger charge is -2.36. The molecule has 0 bridgehead atoms. The predicted molar refractivity (Wildman–Crippen MR) is 164 cm³/mol. The molecule has 1 aromatic heterocycles. The number of piperidine rings is 1. The highest BCUT2D eigenvalue weighted by Crippen LogP contribution is 2.22. The maximum Gasteiger partial charge on any atom is 0.321 e. The van der Waals surface area contributed by atoms with Gasteiger partial charge in [0.2, 0.25) is 5.91 Å². The summed E-state index contributed by atoms with van der Waals surface area (Å²) in [6, 6.07) is 6.13. The molecule has 3 amide bonds. The lowest BCUT2D eigenvalue weighted by atomic mass is 10.0. The number of likely N-dealkylation sites (tertiary alicyclic amines) is 1. The summed E-state index contributed by atoms with van der Waals surface area (Å²) >= 11 is 8.48. The number of nitrogens with zero attached hydrogens (tertiary/aromatic N) is 3. The van der Waals surface area contributed by atoms with Gasteiger partial charge in [-0.1, -0.05) is 0 Å². The number of pyridine rings is 1. The maximum absolute atomic E-state index is 13.4. The van der Waals surface area contributed by atoms with Gasteiger partial charge in [-0.3, -0.25) is 9.78 Å². The molecule has 13 heteroatoms. The number of methoxy groups -OCH3 is 1. The zero-order valence-corrected chi connectivity index (χ0v) is 27.0. The normalized spacial score (nSPS) is 13.1. The monoisotopic (exact) mass is 926 g/mol. The first kappa shape index (κ1) is 31.9. The van der Waals surface area contributed by atoms with Crippen LogP contribution in [0.2, 0.25) is 0 Å². The summed E-state index contributed by atoms with van der Waals surface area (Å²) in [6.07, 6.45) is 2.80. The van der Waals surface area contributed by atoms with Gasteiger partial charge in [0, 0.05) is 119 Å². The zero-order valence-electron chi connectivity index (χ0n) is 18.4. The molecule has 0 aliphatic carbocycles. The Kier molecular flexibility index (Phi) is 16.2. The Labute approximate surface area is 244 Å². The van der Waals surface area contributed by atoms with E-state index < -0.39 is 11.6 Å². The third-order valence-electron chi connectivity index (χ3n) is 5.13. The summed E-state index contributed by atoms with van der Waals surface area (Å²) in [5.74, 6) is -1.41. The van der Waals surface area contributed by atoms with Gasteiger partial charge in [-0.25, -0.2) is 13.6 Å². The Morgan fingerprint density at radius 1 is 1.12 bits per heavy atom. The van der Waals surface area contributed by atoms with Gasteiger partial charge in [0.05, 0.1) is 17.6 Å². The number of anilines is 1. The van der Waals surface area contributed by atoms with Crippen molar-refractivity contribution in [1.82, 2.24) is 14.8 Å². The van der Waals surface area contributed by atoms with Crippen molar-refractivity contribution in [3.8, 4) is 11.3 Å². The Morgan fingerprint density at radius 2 is 1.71 bits per heavy atom. The third-order valence-corrected chi connectivity index (χ3v) is 5.13. The molecule has 1 fully saturated rings. The van der Waals surface area contributed by atoms with E-state index in [-0.39, 0.29) is 24.6 Å². The van der Waals surface area contributed by atoms with Crippen molar-refractivity contribution in [2.45, 2.75) is 18.9 Å². The topological polar surface area (TPSA) is 74.8 Å². The number of hydrogen-bond acceptors (Lipinski definition) is 4. The number of rotatable bonds is 5. The first-order valence-electron chi connectivity index (χ1n) is 9.89. The van der Waals surface area contributed by atoms with Gasteiger partial charge in [0.15, 0.2) is 0 Å². The number of benzene rings is 1. The van der Waals surface area contributed by atoms with Gasteiger partial charge in [-0.2, -0.15) is 0 Å². The molecule has 2 aromatic rings. The molecule has 1 aliphatic heterocycles. The SMILES string of the molecule is COCC(=O)N1CCC(N(C)C(=O)Nc2ccc(-c3cc(F)cc(F)c3)nc2)CC1.II.II. The van der Waals surface area contributed by atoms with Crippen LogP contribution in [0.1, 0.15) is 12.8 Å². The summed E-state index contributed by atoms with van der Waals surface area (Å²) in [4.78, 5) is 32.0. The summed E-state index contributed by atoms with van der Waals surface area (Å²) in [5.41, 5.74) is 1.19. The van der Waals surface area contributed by atoms with E-state index in [2.05, 4.69) is 84.8 Å². The van der Waals surface area contributed by atoms with Crippen molar-refractivity contribution in [2.24, 2.45) is 0 Å². The van der Waals surface area contributed by atoms with E-state index in [4.69, 9.17) is 4.74 Å². The molecular formula is C21H24F2I4N4O3. The molecule has 0 unspecified atom stereocenters. The number of ether oxygens (including phenoxy) is 1. The van der Waals surface area contributed by atoms with Crippen molar-refractivity contribution >= 4 is 92.1 Å². The van der Waals surface area contributed by atoms with Gasteiger partial charge in [-0.05, 0) is 37.1 Å². The molecule has 0 atom stereocenters. The third kappa shape index (κ3) is 10.1. The zero-order chi connectivity index (χ0) is 25.7. The average Bonchev–Trinajstić information content (AvgIpc) is 2.86. The molecule has 7 nitrogen and oxygen atoms in total. The molecule has 1 N–H and O–H groups in total. The largest absolute Gasteiger partial charge is 0.375 e. The van der Waals surface area contributed by atoms with E-state index in [9.17, 15) is 18.4 Å². The molecule has 34 heavy (non-hydrogen) atoms. The van der Waals surface area contributed by atoms with E-state index >= 15 is 0 Å². The second kappa shape index (κ2) is 17.3. The van der Waals surface area contributed by atoms with Gasteiger partial charge in [0.25, 0.3) is 0 Å². The molecule has 188 valence electrons. The Morgan fingerprint density at radius 3 is 2.21 bits per heavy atom. The number of aromatic nitrogens is 1. The Bertz CT molecular complexity index is 897. The van der Waals surface area contributed by atoms with Crippen LogP contribution in [0.4, 0.5) is 19.3 Å². The molecule has 0 radical (unpaired) electrons. The molecule has 1 saturated heterocycles. The number of carbonyl (C=O) groups is 2. The average molecular weight is 926 g/mol. The molecular weight excluding hydrogens is 902 g/mol. The van der Waals surface area contributed by atoms with Crippen molar-refractivity contribution < 1.29 is 23.1 Å². The van der Waals surface area contributed by atoms with Crippen molar-refractivity contribution in [3.63, 3.8) is 0 Å². The number of halogens is 6. The molecule has 1 aromatic carbocycles. The molecule has 0 spiro atoms. The number of hydrogen-bond donors (Lipinski definition) is 1. The predicted octanol–water partition coefficient (Wildman–Crippen LogP) is 6.67. The first-order chi connectivity index (χ1) is 16.4. The van der Waals surface area contributed by atoms with Crippen LogP contribution in [-0.2, 0) is 9.53 Å². The van der Waals surface area contributed by atoms with Gasteiger partial charge in [0.1, 0.15) is 18.2 Å². The van der Waals surface area contributed by atoms with E-state index in [0.29, 0.717) is 42.9 Å². The van der Waals surface area contributed by atoms with Crippen LogP contribution in [-0.4, -0.2) is 66.6 Å². The molecule has 3 rings (SSSR count). The second-order valence-corrected chi connectivity index (χ2v) is 7.18. The quantitative estimate of drug-likeness (QED) is 0.341. The highest BCUT2D eigenvalue weighted by Gasteiger charge is 2.27. The number of carbonyl (C=O) groups excluding carboxylic acids is 2. The summed E-state index contributed by atoms with van der Waals surface area (Å²) in [5, 5.41) is 2.77.